The summed E-state index contributed by atoms with van der Waals surface area (Å²) in [7, 11) is -0.988. The zero-order valence-electron chi connectivity index (χ0n) is 22.0. The van der Waals surface area contributed by atoms with Gasteiger partial charge in [-0.25, -0.2) is 13.2 Å². The molecule has 0 saturated carbocycles. The maximum Gasteiger partial charge on any atom is 0.338 e. The van der Waals surface area contributed by atoms with Crippen LogP contribution in [0.4, 0.5) is 5.69 Å². The smallest absolute Gasteiger partial charge is 0.338 e. The van der Waals surface area contributed by atoms with Crippen molar-refractivity contribution in [2.45, 2.75) is 29.5 Å². The first-order valence-corrected chi connectivity index (χ1v) is 14.5. The van der Waals surface area contributed by atoms with E-state index in [0.717, 1.165) is 10.8 Å². The van der Waals surface area contributed by atoms with Crippen molar-refractivity contribution in [3.63, 3.8) is 0 Å². The lowest BCUT2D eigenvalue weighted by atomic mass is 10.1. The van der Waals surface area contributed by atoms with Gasteiger partial charge in [-0.05, 0) is 54.4 Å². The Morgan fingerprint density at radius 3 is 2.44 bits per heavy atom. The molecule has 2 amide bonds. The van der Waals surface area contributed by atoms with Crippen molar-refractivity contribution in [1.29, 1.82) is 0 Å². The van der Waals surface area contributed by atoms with Crippen LogP contribution in [0.5, 0.6) is 0 Å². The number of nitrogens with zero attached hydrogens (tertiary/aromatic N) is 3. The van der Waals surface area contributed by atoms with Gasteiger partial charge in [0.05, 0.1) is 23.6 Å². The SMILES string of the molecule is CCOC(=O)c1cccc(N(C)C(=O)CN(C)C(=O)C2CC(S)CN2S(=O)(=O)c2ccc3ccccc3c2)c1. The second kappa shape index (κ2) is 11.8. The number of likely N-dealkylation sites (N-methyl/N-ethyl adjacent to an activating group) is 2. The van der Waals surface area contributed by atoms with Gasteiger partial charge >= 0.3 is 5.97 Å². The Labute approximate surface area is 233 Å². The van der Waals surface area contributed by atoms with Crippen molar-refractivity contribution in [3.8, 4) is 0 Å². The topological polar surface area (TPSA) is 104 Å². The molecule has 1 aliphatic heterocycles. The molecule has 3 aromatic carbocycles. The summed E-state index contributed by atoms with van der Waals surface area (Å²) in [6.45, 7) is 1.74. The Morgan fingerprint density at radius 1 is 1.00 bits per heavy atom. The zero-order chi connectivity index (χ0) is 28.3. The number of carbonyl (C=O) groups excluding carboxylic acids is 3. The van der Waals surface area contributed by atoms with Crippen molar-refractivity contribution in [1.82, 2.24) is 9.21 Å². The number of hydrogen-bond acceptors (Lipinski definition) is 7. The van der Waals surface area contributed by atoms with Crippen LogP contribution >= 0.6 is 12.6 Å². The summed E-state index contributed by atoms with van der Waals surface area (Å²) in [6, 6.07) is 17.8. The standard InChI is InChI=1S/C28H31N3O6S2/c1-4-37-28(34)21-10-7-11-22(14-21)30(3)26(32)18-29(2)27(33)25-16-23(38)17-31(25)39(35,36)24-13-12-19-8-5-6-9-20(19)15-24/h5-15,23,25,38H,4,16-18H2,1-3H3. The van der Waals surface area contributed by atoms with E-state index in [1.54, 1.807) is 44.3 Å². The molecule has 1 fully saturated rings. The van der Waals surface area contributed by atoms with Crippen LogP contribution in [-0.2, 0) is 24.3 Å². The summed E-state index contributed by atoms with van der Waals surface area (Å²) in [5.74, 6) is -1.39. The third-order valence-electron chi connectivity index (χ3n) is 6.71. The van der Waals surface area contributed by atoms with Gasteiger partial charge in [0, 0.05) is 31.6 Å². The summed E-state index contributed by atoms with van der Waals surface area (Å²) in [6.07, 6.45) is 0.227. The van der Waals surface area contributed by atoms with Crippen LogP contribution in [0.25, 0.3) is 10.8 Å². The van der Waals surface area contributed by atoms with E-state index in [4.69, 9.17) is 4.74 Å². The van der Waals surface area contributed by atoms with Gasteiger partial charge in [0.1, 0.15) is 6.04 Å². The van der Waals surface area contributed by atoms with E-state index in [0.29, 0.717) is 11.3 Å². The zero-order valence-corrected chi connectivity index (χ0v) is 23.7. The quantitative estimate of drug-likeness (QED) is 0.330. The normalized spacial score (nSPS) is 17.6. The number of ether oxygens (including phenoxy) is 1. The van der Waals surface area contributed by atoms with Crippen molar-refractivity contribution >= 4 is 56.9 Å². The second-order valence-corrected chi connectivity index (χ2v) is 12.0. The van der Waals surface area contributed by atoms with E-state index in [2.05, 4.69) is 12.6 Å². The highest BCUT2D eigenvalue weighted by atomic mass is 32.2. The molecule has 1 aliphatic rings. The minimum absolute atomic E-state index is 0.0804. The van der Waals surface area contributed by atoms with E-state index >= 15 is 0 Å². The van der Waals surface area contributed by atoms with Crippen molar-refractivity contribution in [2.24, 2.45) is 0 Å². The predicted octanol–water partition coefficient (Wildman–Crippen LogP) is 3.20. The first-order valence-electron chi connectivity index (χ1n) is 12.5. The molecule has 0 aliphatic carbocycles. The van der Waals surface area contributed by atoms with Gasteiger partial charge in [-0.1, -0.05) is 36.4 Å². The second-order valence-electron chi connectivity index (χ2n) is 9.41. The molecule has 1 saturated heterocycles. The number of benzene rings is 3. The molecule has 11 heteroatoms. The molecule has 0 radical (unpaired) electrons. The Morgan fingerprint density at radius 2 is 1.72 bits per heavy atom. The monoisotopic (exact) mass is 569 g/mol. The van der Waals surface area contributed by atoms with E-state index in [9.17, 15) is 22.8 Å². The fraction of sp³-hybridized carbons (Fsp3) is 0.321. The molecule has 4 rings (SSSR count). The van der Waals surface area contributed by atoms with Gasteiger partial charge in [0.2, 0.25) is 21.8 Å². The number of carbonyl (C=O) groups is 3. The number of esters is 1. The van der Waals surface area contributed by atoms with Gasteiger partial charge in [-0.15, -0.1) is 0 Å². The van der Waals surface area contributed by atoms with Crippen molar-refractivity contribution in [2.75, 3.05) is 38.7 Å². The maximum absolute atomic E-state index is 13.6. The highest BCUT2D eigenvalue weighted by molar-refractivity contribution is 7.89. The molecule has 3 aromatic rings. The fourth-order valence-corrected chi connectivity index (χ4v) is 6.74. The number of sulfonamides is 1. The highest BCUT2D eigenvalue weighted by Crippen LogP contribution is 2.31. The Balaban J connectivity index is 1.50. The van der Waals surface area contributed by atoms with Crippen LogP contribution < -0.4 is 4.90 Å². The summed E-state index contributed by atoms with van der Waals surface area (Å²) >= 11 is 4.48. The minimum Gasteiger partial charge on any atom is -0.462 e. The molecule has 1 heterocycles. The number of thiol groups is 1. The lowest BCUT2D eigenvalue weighted by Gasteiger charge is -2.28. The molecule has 2 atom stereocenters. The molecule has 0 bridgehead atoms. The van der Waals surface area contributed by atoms with E-state index in [1.165, 1.54) is 33.3 Å². The summed E-state index contributed by atoms with van der Waals surface area (Å²) in [4.78, 5) is 41.2. The number of anilines is 1. The molecule has 206 valence electrons. The number of amides is 2. The molecule has 0 spiro atoms. The van der Waals surface area contributed by atoms with Gasteiger partial charge in [-0.3, -0.25) is 9.59 Å². The molecule has 0 N–H and O–H groups in total. The molecule has 9 nitrogen and oxygen atoms in total. The average Bonchev–Trinajstić information content (AvgIpc) is 3.34. The molecule has 2 unspecified atom stereocenters. The number of hydrogen-bond donors (Lipinski definition) is 1. The highest BCUT2D eigenvalue weighted by Gasteiger charge is 2.44. The van der Waals surface area contributed by atoms with Crippen LogP contribution in [0.15, 0.2) is 71.6 Å². The van der Waals surface area contributed by atoms with Crippen LogP contribution in [-0.4, -0.2) is 80.5 Å². The van der Waals surface area contributed by atoms with Crippen LogP contribution in [0.3, 0.4) is 0 Å². The molecular weight excluding hydrogens is 538 g/mol. The minimum atomic E-state index is -4.00. The first-order chi connectivity index (χ1) is 18.5. The van der Waals surface area contributed by atoms with Crippen LogP contribution in [0.2, 0.25) is 0 Å². The third-order valence-corrected chi connectivity index (χ3v) is 8.96. The Kier molecular flexibility index (Phi) is 8.63. The van der Waals surface area contributed by atoms with Crippen LogP contribution in [0, 0.1) is 0 Å². The lowest BCUT2D eigenvalue weighted by molar-refractivity contribution is -0.136. The average molecular weight is 570 g/mol. The Hall–Kier alpha value is -3.41. The van der Waals surface area contributed by atoms with E-state index in [-0.39, 0.29) is 36.3 Å². The van der Waals surface area contributed by atoms with Crippen molar-refractivity contribution in [3.05, 3.63) is 72.3 Å². The maximum atomic E-state index is 13.6. The Bertz CT molecular complexity index is 1510. The first kappa shape index (κ1) is 28.6. The summed E-state index contributed by atoms with van der Waals surface area (Å²) in [5, 5.41) is 1.36. The van der Waals surface area contributed by atoms with E-state index in [1.807, 2.05) is 24.3 Å². The molecular formula is C28H31N3O6S2. The third kappa shape index (κ3) is 6.10. The number of rotatable bonds is 8. The van der Waals surface area contributed by atoms with Gasteiger partial charge in [-0.2, -0.15) is 16.9 Å². The molecule has 39 heavy (non-hydrogen) atoms. The summed E-state index contributed by atoms with van der Waals surface area (Å²) in [5.41, 5.74) is 0.766. The van der Waals surface area contributed by atoms with E-state index < -0.39 is 33.8 Å². The van der Waals surface area contributed by atoms with Gasteiger partial charge < -0.3 is 14.5 Å². The predicted molar refractivity (Wildman–Crippen MR) is 152 cm³/mol. The molecule has 0 aromatic heterocycles. The van der Waals surface area contributed by atoms with Gasteiger partial charge in [0.25, 0.3) is 0 Å². The number of fused-ring (bicyclic) bond motifs is 1. The van der Waals surface area contributed by atoms with Crippen molar-refractivity contribution < 1.29 is 27.5 Å². The van der Waals surface area contributed by atoms with Gasteiger partial charge in [0.15, 0.2) is 0 Å². The fourth-order valence-electron chi connectivity index (χ4n) is 4.58. The van der Waals surface area contributed by atoms with Crippen LogP contribution in [0.1, 0.15) is 23.7 Å². The largest absolute Gasteiger partial charge is 0.462 e. The lowest BCUT2D eigenvalue weighted by Crippen LogP contribution is -2.49. The summed E-state index contributed by atoms with van der Waals surface area (Å²) < 4.78 is 33.4.